The van der Waals surface area contributed by atoms with Crippen molar-refractivity contribution in [1.29, 1.82) is 0 Å². The minimum atomic E-state index is -0.147. The van der Waals surface area contributed by atoms with Crippen LogP contribution in [0.3, 0.4) is 0 Å². The molecule has 0 N–H and O–H groups in total. The molecule has 0 atom stereocenters. The second kappa shape index (κ2) is 7.05. The molecule has 0 saturated heterocycles. The van der Waals surface area contributed by atoms with E-state index in [0.717, 1.165) is 25.2 Å². The number of nitrogens with zero attached hydrogens (tertiary/aromatic N) is 4. The fraction of sp³-hybridized carbons (Fsp3) is 0.174. The van der Waals surface area contributed by atoms with Crippen LogP contribution in [0.4, 0.5) is 5.95 Å². The van der Waals surface area contributed by atoms with Crippen LogP contribution in [0.5, 0.6) is 5.75 Å². The van der Waals surface area contributed by atoms with E-state index in [1.807, 2.05) is 30.3 Å². The van der Waals surface area contributed by atoms with E-state index in [1.165, 1.54) is 11.1 Å². The lowest BCUT2D eigenvalue weighted by molar-refractivity contribution is 0.414. The summed E-state index contributed by atoms with van der Waals surface area (Å²) in [5.74, 6) is 1.36. The summed E-state index contributed by atoms with van der Waals surface area (Å²) in [5, 5.41) is 0.497. The molecule has 0 radical (unpaired) electrons. The fourth-order valence-electron chi connectivity index (χ4n) is 3.80. The van der Waals surface area contributed by atoms with E-state index in [9.17, 15) is 4.79 Å². The molecule has 4 aromatic rings. The van der Waals surface area contributed by atoms with Crippen LogP contribution in [0.15, 0.2) is 71.8 Å². The maximum absolute atomic E-state index is 13.0. The van der Waals surface area contributed by atoms with Gasteiger partial charge in [-0.25, -0.2) is 9.97 Å². The van der Waals surface area contributed by atoms with Crippen LogP contribution in [0, 0.1) is 0 Å². The molecule has 1 aliphatic rings. The Morgan fingerprint density at radius 1 is 1.03 bits per heavy atom. The Kier molecular flexibility index (Phi) is 4.24. The third-order valence-electron chi connectivity index (χ3n) is 5.38. The van der Waals surface area contributed by atoms with Gasteiger partial charge in [0.05, 0.1) is 23.7 Å². The third kappa shape index (κ3) is 3.12. The van der Waals surface area contributed by atoms with Crippen molar-refractivity contribution in [3.05, 3.63) is 88.5 Å². The Labute approximate surface area is 168 Å². The van der Waals surface area contributed by atoms with E-state index < -0.39 is 0 Å². The highest BCUT2D eigenvalue weighted by Gasteiger charge is 2.19. The first kappa shape index (κ1) is 17.4. The minimum Gasteiger partial charge on any atom is -0.497 e. The Balaban J connectivity index is 1.51. The van der Waals surface area contributed by atoms with Gasteiger partial charge in [-0.05, 0) is 35.7 Å². The highest BCUT2D eigenvalue weighted by atomic mass is 16.5. The summed E-state index contributed by atoms with van der Waals surface area (Å²) in [6, 6.07) is 17.7. The van der Waals surface area contributed by atoms with E-state index >= 15 is 0 Å². The zero-order valence-electron chi connectivity index (χ0n) is 16.1. The van der Waals surface area contributed by atoms with Gasteiger partial charge in [0.1, 0.15) is 5.75 Å². The van der Waals surface area contributed by atoms with Gasteiger partial charge in [-0.2, -0.15) is 0 Å². The first-order valence-electron chi connectivity index (χ1n) is 9.57. The molecule has 144 valence electrons. The Hall–Kier alpha value is -3.67. The number of pyridine rings is 1. The van der Waals surface area contributed by atoms with Crippen molar-refractivity contribution in [1.82, 2.24) is 14.5 Å². The number of methoxy groups -OCH3 is 1. The second-order valence-electron chi connectivity index (χ2n) is 7.10. The number of aromatic nitrogens is 3. The zero-order chi connectivity index (χ0) is 19.8. The Morgan fingerprint density at radius 2 is 1.90 bits per heavy atom. The lowest BCUT2D eigenvalue weighted by atomic mass is 10.0. The first-order chi connectivity index (χ1) is 14.2. The summed E-state index contributed by atoms with van der Waals surface area (Å²) < 4.78 is 6.85. The molecule has 29 heavy (non-hydrogen) atoms. The van der Waals surface area contributed by atoms with Crippen LogP contribution in [0.1, 0.15) is 11.1 Å². The van der Waals surface area contributed by atoms with Crippen molar-refractivity contribution >= 4 is 16.9 Å². The monoisotopic (exact) mass is 384 g/mol. The van der Waals surface area contributed by atoms with E-state index in [-0.39, 0.29) is 5.56 Å². The molecule has 0 aliphatic carbocycles. The molecule has 5 rings (SSSR count). The van der Waals surface area contributed by atoms with Gasteiger partial charge in [-0.3, -0.25) is 9.36 Å². The second-order valence-corrected chi connectivity index (χ2v) is 7.10. The lowest BCUT2D eigenvalue weighted by Crippen LogP contribution is -2.31. The van der Waals surface area contributed by atoms with E-state index in [0.29, 0.717) is 22.6 Å². The van der Waals surface area contributed by atoms with Crippen LogP contribution in [-0.2, 0) is 13.0 Å². The van der Waals surface area contributed by atoms with Crippen molar-refractivity contribution in [2.45, 2.75) is 13.0 Å². The van der Waals surface area contributed by atoms with Crippen LogP contribution in [0.2, 0.25) is 0 Å². The topological polar surface area (TPSA) is 60.2 Å². The van der Waals surface area contributed by atoms with Crippen molar-refractivity contribution in [3.8, 4) is 11.4 Å². The minimum absolute atomic E-state index is 0.147. The molecule has 0 spiro atoms. The lowest BCUT2D eigenvalue weighted by Gasteiger charge is -2.28. The van der Waals surface area contributed by atoms with Gasteiger partial charge in [-0.1, -0.05) is 30.3 Å². The summed E-state index contributed by atoms with van der Waals surface area (Å²) in [7, 11) is 1.61. The molecule has 0 bridgehead atoms. The molecule has 1 aliphatic heterocycles. The Morgan fingerprint density at radius 3 is 2.76 bits per heavy atom. The molecule has 6 nitrogen and oxygen atoms in total. The molecule has 0 amide bonds. The van der Waals surface area contributed by atoms with Crippen molar-refractivity contribution in [2.75, 3.05) is 18.6 Å². The summed E-state index contributed by atoms with van der Waals surface area (Å²) in [5.41, 5.74) is 3.93. The van der Waals surface area contributed by atoms with Gasteiger partial charge in [0.2, 0.25) is 5.95 Å². The van der Waals surface area contributed by atoms with Gasteiger partial charge in [0, 0.05) is 31.5 Å². The quantitative estimate of drug-likeness (QED) is 0.542. The van der Waals surface area contributed by atoms with Crippen molar-refractivity contribution in [2.24, 2.45) is 0 Å². The van der Waals surface area contributed by atoms with Crippen LogP contribution in [0.25, 0.3) is 16.6 Å². The molecular weight excluding hydrogens is 364 g/mol. The van der Waals surface area contributed by atoms with Crippen molar-refractivity contribution < 1.29 is 4.74 Å². The number of hydrogen-bond donors (Lipinski definition) is 0. The Bertz CT molecular complexity index is 1270. The number of ether oxygens (including phenoxy) is 1. The predicted octanol–water partition coefficient (Wildman–Crippen LogP) is 3.35. The predicted molar refractivity (Wildman–Crippen MR) is 113 cm³/mol. The molecule has 0 saturated carbocycles. The number of anilines is 1. The maximum atomic E-state index is 13.0. The smallest absolute Gasteiger partial charge is 0.266 e. The zero-order valence-corrected chi connectivity index (χ0v) is 16.1. The molecule has 2 aromatic carbocycles. The number of fused-ring (bicyclic) bond motifs is 2. The average Bonchev–Trinajstić information content (AvgIpc) is 2.79. The number of benzene rings is 2. The van der Waals surface area contributed by atoms with Gasteiger partial charge < -0.3 is 9.64 Å². The van der Waals surface area contributed by atoms with E-state index in [2.05, 4.69) is 39.1 Å². The van der Waals surface area contributed by atoms with E-state index in [1.54, 1.807) is 24.1 Å². The average molecular weight is 384 g/mol. The largest absolute Gasteiger partial charge is 0.497 e. The highest BCUT2D eigenvalue weighted by Crippen LogP contribution is 2.23. The maximum Gasteiger partial charge on any atom is 0.266 e. The highest BCUT2D eigenvalue weighted by molar-refractivity contribution is 5.78. The first-order valence-corrected chi connectivity index (χ1v) is 9.57. The summed E-state index contributed by atoms with van der Waals surface area (Å²) in [6.45, 7) is 1.64. The molecule has 2 aromatic heterocycles. The number of rotatable bonds is 3. The normalized spacial score (nSPS) is 13.3. The molecule has 0 unspecified atom stereocenters. The summed E-state index contributed by atoms with van der Waals surface area (Å²) in [6.07, 6.45) is 4.36. The van der Waals surface area contributed by atoms with Gasteiger partial charge in [0.15, 0.2) is 0 Å². The van der Waals surface area contributed by atoms with Crippen LogP contribution < -0.4 is 15.2 Å². The van der Waals surface area contributed by atoms with Gasteiger partial charge in [0.25, 0.3) is 5.56 Å². The van der Waals surface area contributed by atoms with Gasteiger partial charge >= 0.3 is 0 Å². The number of hydrogen-bond acceptors (Lipinski definition) is 5. The molecule has 0 fully saturated rings. The summed E-state index contributed by atoms with van der Waals surface area (Å²) >= 11 is 0. The van der Waals surface area contributed by atoms with E-state index in [4.69, 9.17) is 4.74 Å². The fourth-order valence-corrected chi connectivity index (χ4v) is 3.80. The SMILES string of the molecule is COc1cccc(-n2ccc3nc(N4CCc5ccccc5C4)ncc3c2=O)c1. The van der Waals surface area contributed by atoms with Crippen molar-refractivity contribution in [3.63, 3.8) is 0 Å². The summed E-state index contributed by atoms with van der Waals surface area (Å²) in [4.78, 5) is 24.4. The van der Waals surface area contributed by atoms with Crippen LogP contribution in [-0.4, -0.2) is 28.2 Å². The van der Waals surface area contributed by atoms with Gasteiger partial charge in [-0.15, -0.1) is 0 Å². The standard InChI is InChI=1S/C23H20N4O2/c1-29-19-8-4-7-18(13-19)27-12-10-21-20(22(27)28)14-24-23(25-21)26-11-9-16-5-2-3-6-17(16)15-26/h2-8,10,12-14H,9,11,15H2,1H3. The molecule has 6 heteroatoms. The van der Waals surface area contributed by atoms with Crippen LogP contribution >= 0.6 is 0 Å². The molecule has 3 heterocycles. The molecular formula is C23H20N4O2. The third-order valence-corrected chi connectivity index (χ3v) is 5.38.